The number of oxazole rings is 1. The summed E-state index contributed by atoms with van der Waals surface area (Å²) in [5.74, 6) is 0.358. The molecule has 0 atom stereocenters. The van der Waals surface area contributed by atoms with Crippen molar-refractivity contribution in [3.05, 3.63) is 36.3 Å². The van der Waals surface area contributed by atoms with E-state index in [2.05, 4.69) is 10.3 Å². The van der Waals surface area contributed by atoms with E-state index in [1.807, 2.05) is 0 Å². The van der Waals surface area contributed by atoms with Crippen molar-refractivity contribution < 1.29 is 8.81 Å². The SMILES string of the molecule is CNc1ncc(-c2ccc(F)cc2)o1. The molecule has 0 aliphatic heterocycles. The lowest BCUT2D eigenvalue weighted by Crippen LogP contribution is -1.85. The fraction of sp³-hybridized carbons (Fsp3) is 0.100. The van der Waals surface area contributed by atoms with Gasteiger partial charge < -0.3 is 9.73 Å². The van der Waals surface area contributed by atoms with Crippen molar-refractivity contribution in [3.63, 3.8) is 0 Å². The van der Waals surface area contributed by atoms with Crippen LogP contribution in [0.1, 0.15) is 0 Å². The number of benzene rings is 1. The number of rotatable bonds is 2. The zero-order valence-electron chi connectivity index (χ0n) is 7.62. The van der Waals surface area contributed by atoms with Crippen LogP contribution in [-0.4, -0.2) is 12.0 Å². The van der Waals surface area contributed by atoms with Gasteiger partial charge in [0.1, 0.15) is 5.82 Å². The molecule has 0 radical (unpaired) electrons. The van der Waals surface area contributed by atoms with Crippen molar-refractivity contribution in [2.45, 2.75) is 0 Å². The van der Waals surface area contributed by atoms with E-state index in [-0.39, 0.29) is 5.82 Å². The van der Waals surface area contributed by atoms with Gasteiger partial charge >= 0.3 is 0 Å². The second-order valence-electron chi connectivity index (χ2n) is 2.79. The van der Waals surface area contributed by atoms with E-state index in [4.69, 9.17) is 4.42 Å². The van der Waals surface area contributed by atoms with E-state index in [9.17, 15) is 4.39 Å². The van der Waals surface area contributed by atoms with Crippen LogP contribution in [0.5, 0.6) is 0 Å². The van der Waals surface area contributed by atoms with Crippen molar-refractivity contribution in [2.75, 3.05) is 12.4 Å². The second kappa shape index (κ2) is 3.49. The predicted molar refractivity (Wildman–Crippen MR) is 51.4 cm³/mol. The Hall–Kier alpha value is -1.84. The maximum Gasteiger partial charge on any atom is 0.294 e. The summed E-state index contributed by atoms with van der Waals surface area (Å²) in [5, 5.41) is 2.78. The average Bonchev–Trinajstić information content (AvgIpc) is 2.67. The molecular weight excluding hydrogens is 183 g/mol. The normalized spacial score (nSPS) is 10.1. The van der Waals surface area contributed by atoms with Crippen molar-refractivity contribution >= 4 is 6.01 Å². The van der Waals surface area contributed by atoms with E-state index in [0.717, 1.165) is 5.56 Å². The lowest BCUT2D eigenvalue weighted by atomic mass is 10.2. The molecule has 0 saturated heterocycles. The van der Waals surface area contributed by atoms with Gasteiger partial charge in [0, 0.05) is 12.6 Å². The molecule has 0 amide bonds. The van der Waals surface area contributed by atoms with E-state index in [0.29, 0.717) is 11.8 Å². The summed E-state index contributed by atoms with van der Waals surface area (Å²) in [6.45, 7) is 0. The molecule has 4 heteroatoms. The zero-order valence-corrected chi connectivity index (χ0v) is 7.62. The Morgan fingerprint density at radius 3 is 2.57 bits per heavy atom. The minimum atomic E-state index is -0.262. The van der Waals surface area contributed by atoms with Crippen LogP contribution >= 0.6 is 0 Å². The third kappa shape index (κ3) is 1.59. The molecule has 0 spiro atoms. The number of hydrogen-bond acceptors (Lipinski definition) is 3. The standard InChI is InChI=1S/C10H9FN2O/c1-12-10-13-6-9(14-10)7-2-4-8(11)5-3-7/h2-6H,1H3,(H,12,13). The minimum Gasteiger partial charge on any atom is -0.424 e. The number of anilines is 1. The van der Waals surface area contributed by atoms with E-state index < -0.39 is 0 Å². The van der Waals surface area contributed by atoms with Gasteiger partial charge in [0.05, 0.1) is 6.20 Å². The summed E-state index contributed by atoms with van der Waals surface area (Å²) in [7, 11) is 1.72. The van der Waals surface area contributed by atoms with Gasteiger partial charge in [-0.1, -0.05) is 0 Å². The summed E-state index contributed by atoms with van der Waals surface area (Å²) < 4.78 is 17.9. The Morgan fingerprint density at radius 1 is 1.29 bits per heavy atom. The molecule has 0 aliphatic rings. The Labute approximate surface area is 80.6 Å². The van der Waals surface area contributed by atoms with Gasteiger partial charge in [-0.3, -0.25) is 0 Å². The summed E-state index contributed by atoms with van der Waals surface area (Å²) in [5.41, 5.74) is 0.806. The number of nitrogens with zero attached hydrogens (tertiary/aromatic N) is 1. The molecule has 0 aliphatic carbocycles. The van der Waals surface area contributed by atoms with Gasteiger partial charge in [-0.15, -0.1) is 0 Å². The monoisotopic (exact) mass is 192 g/mol. The molecule has 1 N–H and O–H groups in total. The first kappa shape index (κ1) is 8.74. The largest absolute Gasteiger partial charge is 0.424 e. The Balaban J connectivity index is 2.34. The third-order valence-electron chi connectivity index (χ3n) is 1.85. The molecule has 0 fully saturated rings. The van der Waals surface area contributed by atoms with Gasteiger partial charge in [0.15, 0.2) is 5.76 Å². The summed E-state index contributed by atoms with van der Waals surface area (Å²) in [6, 6.07) is 6.52. The van der Waals surface area contributed by atoms with Gasteiger partial charge in [-0.05, 0) is 24.3 Å². The third-order valence-corrected chi connectivity index (χ3v) is 1.85. The fourth-order valence-electron chi connectivity index (χ4n) is 1.14. The van der Waals surface area contributed by atoms with Gasteiger partial charge in [-0.2, -0.15) is 0 Å². The molecule has 1 heterocycles. The lowest BCUT2D eigenvalue weighted by Gasteiger charge is -1.95. The molecule has 0 saturated carbocycles. The smallest absolute Gasteiger partial charge is 0.294 e. The quantitative estimate of drug-likeness (QED) is 0.794. The van der Waals surface area contributed by atoms with Crippen LogP contribution in [0.3, 0.4) is 0 Å². The maximum atomic E-state index is 12.6. The summed E-state index contributed by atoms with van der Waals surface area (Å²) >= 11 is 0. The summed E-state index contributed by atoms with van der Waals surface area (Å²) in [4.78, 5) is 3.96. The molecule has 0 unspecified atom stereocenters. The van der Waals surface area contributed by atoms with Crippen LogP contribution in [0.15, 0.2) is 34.9 Å². The first-order chi connectivity index (χ1) is 6.79. The lowest BCUT2D eigenvalue weighted by molar-refractivity contribution is 0.589. The topological polar surface area (TPSA) is 38.1 Å². The molecular formula is C10H9FN2O. The average molecular weight is 192 g/mol. The number of halogens is 1. The van der Waals surface area contributed by atoms with E-state index in [1.54, 1.807) is 25.4 Å². The van der Waals surface area contributed by atoms with E-state index >= 15 is 0 Å². The molecule has 14 heavy (non-hydrogen) atoms. The van der Waals surface area contributed by atoms with Crippen molar-refractivity contribution in [1.82, 2.24) is 4.98 Å². The fourth-order valence-corrected chi connectivity index (χ4v) is 1.14. The molecule has 2 aromatic rings. The van der Waals surface area contributed by atoms with Crippen LogP contribution < -0.4 is 5.32 Å². The molecule has 1 aromatic carbocycles. The highest BCUT2D eigenvalue weighted by Gasteiger charge is 2.04. The number of nitrogens with one attached hydrogen (secondary N) is 1. The number of hydrogen-bond donors (Lipinski definition) is 1. The van der Waals surface area contributed by atoms with Gasteiger partial charge in [-0.25, -0.2) is 9.37 Å². The first-order valence-electron chi connectivity index (χ1n) is 4.19. The minimum absolute atomic E-state index is 0.262. The highest BCUT2D eigenvalue weighted by atomic mass is 19.1. The zero-order chi connectivity index (χ0) is 9.97. The molecule has 72 valence electrons. The van der Waals surface area contributed by atoms with Crippen LogP contribution in [0, 0.1) is 5.82 Å². The van der Waals surface area contributed by atoms with Crippen LogP contribution in [-0.2, 0) is 0 Å². The van der Waals surface area contributed by atoms with Crippen LogP contribution in [0.2, 0.25) is 0 Å². The van der Waals surface area contributed by atoms with Crippen LogP contribution in [0.25, 0.3) is 11.3 Å². The van der Waals surface area contributed by atoms with E-state index in [1.165, 1.54) is 12.1 Å². The van der Waals surface area contributed by atoms with Crippen molar-refractivity contribution in [2.24, 2.45) is 0 Å². The molecule has 3 nitrogen and oxygen atoms in total. The summed E-state index contributed by atoms with van der Waals surface area (Å²) in [6.07, 6.45) is 1.60. The van der Waals surface area contributed by atoms with Crippen LogP contribution in [0.4, 0.5) is 10.4 Å². The molecule has 2 rings (SSSR count). The van der Waals surface area contributed by atoms with Crippen molar-refractivity contribution in [3.8, 4) is 11.3 Å². The highest BCUT2D eigenvalue weighted by Crippen LogP contribution is 2.22. The molecule has 0 bridgehead atoms. The predicted octanol–water partition coefficient (Wildman–Crippen LogP) is 2.52. The second-order valence-corrected chi connectivity index (χ2v) is 2.79. The van der Waals surface area contributed by atoms with Crippen molar-refractivity contribution in [1.29, 1.82) is 0 Å². The Bertz CT molecular complexity index is 422. The Morgan fingerprint density at radius 2 is 2.00 bits per heavy atom. The number of aromatic nitrogens is 1. The maximum absolute atomic E-state index is 12.6. The van der Waals surface area contributed by atoms with Gasteiger partial charge in [0.2, 0.25) is 0 Å². The highest BCUT2D eigenvalue weighted by molar-refractivity contribution is 5.57. The van der Waals surface area contributed by atoms with Gasteiger partial charge in [0.25, 0.3) is 6.01 Å². The molecule has 1 aromatic heterocycles. The Kier molecular flexibility index (Phi) is 2.18. The first-order valence-corrected chi connectivity index (χ1v) is 4.19.